The number of benzene rings is 1. The van der Waals surface area contributed by atoms with Gasteiger partial charge in [-0.15, -0.1) is 12.4 Å². The Morgan fingerprint density at radius 2 is 1.74 bits per heavy atom. The van der Waals surface area contributed by atoms with Crippen LogP contribution in [0, 0.1) is 5.82 Å². The zero-order chi connectivity index (χ0) is 15.9. The predicted molar refractivity (Wildman–Crippen MR) is 89.0 cm³/mol. The predicted octanol–water partition coefficient (Wildman–Crippen LogP) is 0.679. The Kier molecular flexibility index (Phi) is 7.94. The van der Waals surface area contributed by atoms with Crippen LogP contribution in [0.1, 0.15) is 6.42 Å². The highest BCUT2D eigenvalue weighted by molar-refractivity contribution is 5.92. The van der Waals surface area contributed by atoms with E-state index >= 15 is 0 Å². The number of amides is 2. The molecule has 8 heteroatoms. The van der Waals surface area contributed by atoms with Crippen molar-refractivity contribution in [2.75, 3.05) is 44.6 Å². The van der Waals surface area contributed by atoms with Gasteiger partial charge in [-0.1, -0.05) is 0 Å². The van der Waals surface area contributed by atoms with Crippen LogP contribution in [0.25, 0.3) is 0 Å². The molecule has 1 saturated heterocycles. The number of carbonyl (C=O) groups is 2. The number of hydrogen-bond donors (Lipinski definition) is 2. The van der Waals surface area contributed by atoms with E-state index in [4.69, 9.17) is 5.73 Å². The van der Waals surface area contributed by atoms with E-state index in [2.05, 4.69) is 5.32 Å². The lowest BCUT2D eigenvalue weighted by Crippen LogP contribution is -2.50. The van der Waals surface area contributed by atoms with E-state index in [1.165, 1.54) is 24.3 Å². The second-order valence-electron chi connectivity index (χ2n) is 5.25. The summed E-state index contributed by atoms with van der Waals surface area (Å²) in [6, 6.07) is 5.65. The lowest BCUT2D eigenvalue weighted by molar-refractivity contribution is -0.132. The van der Waals surface area contributed by atoms with Crippen LogP contribution in [0.2, 0.25) is 0 Å². The quantitative estimate of drug-likeness (QED) is 0.823. The molecule has 23 heavy (non-hydrogen) atoms. The summed E-state index contributed by atoms with van der Waals surface area (Å²) in [5.74, 6) is -0.414. The summed E-state index contributed by atoms with van der Waals surface area (Å²) >= 11 is 0. The first-order chi connectivity index (χ1) is 10.6. The van der Waals surface area contributed by atoms with Crippen molar-refractivity contribution in [3.05, 3.63) is 30.1 Å². The van der Waals surface area contributed by atoms with Crippen LogP contribution in [0.4, 0.5) is 10.1 Å². The van der Waals surface area contributed by atoms with Crippen LogP contribution >= 0.6 is 12.4 Å². The highest BCUT2D eigenvalue weighted by atomic mass is 35.5. The van der Waals surface area contributed by atoms with Gasteiger partial charge in [0, 0.05) is 44.8 Å². The van der Waals surface area contributed by atoms with Gasteiger partial charge in [0.25, 0.3) is 0 Å². The number of nitrogens with two attached hydrogens (primary N) is 1. The number of piperazine rings is 1. The summed E-state index contributed by atoms with van der Waals surface area (Å²) in [6.45, 7) is 3.17. The van der Waals surface area contributed by atoms with E-state index < -0.39 is 0 Å². The first-order valence-corrected chi connectivity index (χ1v) is 7.34. The van der Waals surface area contributed by atoms with Gasteiger partial charge in [0.2, 0.25) is 11.8 Å². The molecule has 0 saturated carbocycles. The first-order valence-electron chi connectivity index (χ1n) is 7.34. The molecule has 1 aliphatic rings. The van der Waals surface area contributed by atoms with Gasteiger partial charge in [-0.2, -0.15) is 0 Å². The third-order valence-corrected chi connectivity index (χ3v) is 3.58. The summed E-state index contributed by atoms with van der Waals surface area (Å²) in [4.78, 5) is 27.4. The summed E-state index contributed by atoms with van der Waals surface area (Å²) in [5, 5.41) is 2.73. The Morgan fingerprint density at radius 1 is 1.13 bits per heavy atom. The summed E-state index contributed by atoms with van der Waals surface area (Å²) in [5.41, 5.74) is 5.95. The zero-order valence-electron chi connectivity index (χ0n) is 12.8. The normalized spacial score (nSPS) is 15.0. The smallest absolute Gasteiger partial charge is 0.238 e. The van der Waals surface area contributed by atoms with E-state index in [1.807, 2.05) is 4.90 Å². The third kappa shape index (κ3) is 6.13. The molecule has 1 aliphatic heterocycles. The molecule has 2 rings (SSSR count). The molecular weight excluding hydrogens is 323 g/mol. The van der Waals surface area contributed by atoms with E-state index in [9.17, 15) is 14.0 Å². The standard InChI is InChI=1S/C15H21FN4O2.ClH/c16-12-1-3-13(4-2-12)18-14(21)11-19-7-9-20(10-8-19)15(22)5-6-17;/h1-4H,5-11,17H2,(H,18,21);1H. The molecule has 1 aromatic carbocycles. The summed E-state index contributed by atoms with van der Waals surface area (Å²) in [7, 11) is 0. The van der Waals surface area contributed by atoms with Gasteiger partial charge in [-0.25, -0.2) is 4.39 Å². The fourth-order valence-corrected chi connectivity index (χ4v) is 2.37. The average molecular weight is 345 g/mol. The largest absolute Gasteiger partial charge is 0.340 e. The number of nitrogens with zero attached hydrogens (tertiary/aromatic N) is 2. The maximum absolute atomic E-state index is 12.8. The minimum absolute atomic E-state index is 0. The number of hydrogen-bond acceptors (Lipinski definition) is 4. The molecule has 0 atom stereocenters. The van der Waals surface area contributed by atoms with Crippen LogP contribution in [-0.2, 0) is 9.59 Å². The molecule has 1 aromatic rings. The molecule has 0 unspecified atom stereocenters. The Bertz CT molecular complexity index is 519. The highest BCUT2D eigenvalue weighted by Crippen LogP contribution is 2.09. The third-order valence-electron chi connectivity index (χ3n) is 3.58. The van der Waals surface area contributed by atoms with Crippen LogP contribution in [0.15, 0.2) is 24.3 Å². The molecule has 6 nitrogen and oxygen atoms in total. The van der Waals surface area contributed by atoms with E-state index in [-0.39, 0.29) is 36.6 Å². The molecule has 128 valence electrons. The van der Waals surface area contributed by atoms with Crippen LogP contribution in [0.5, 0.6) is 0 Å². The van der Waals surface area contributed by atoms with Gasteiger partial charge >= 0.3 is 0 Å². The van der Waals surface area contributed by atoms with Gasteiger partial charge in [-0.3, -0.25) is 14.5 Å². The van der Waals surface area contributed by atoms with Crippen molar-refractivity contribution in [1.82, 2.24) is 9.80 Å². The van der Waals surface area contributed by atoms with Crippen molar-refractivity contribution in [2.24, 2.45) is 5.73 Å². The van der Waals surface area contributed by atoms with Crippen molar-refractivity contribution in [3.8, 4) is 0 Å². The fourth-order valence-electron chi connectivity index (χ4n) is 2.37. The summed E-state index contributed by atoms with van der Waals surface area (Å²) < 4.78 is 12.8. The number of anilines is 1. The second kappa shape index (κ2) is 9.44. The summed E-state index contributed by atoms with van der Waals surface area (Å²) in [6.07, 6.45) is 0.366. The van der Waals surface area contributed by atoms with Gasteiger partial charge in [0.15, 0.2) is 0 Å². The molecule has 0 bridgehead atoms. The van der Waals surface area contributed by atoms with Crippen LogP contribution < -0.4 is 11.1 Å². The molecule has 1 heterocycles. The van der Waals surface area contributed by atoms with Crippen molar-refractivity contribution in [1.29, 1.82) is 0 Å². The monoisotopic (exact) mass is 344 g/mol. The van der Waals surface area contributed by atoms with Crippen LogP contribution in [-0.4, -0.2) is 60.9 Å². The molecule has 0 aliphatic carbocycles. The Balaban J connectivity index is 0.00000264. The van der Waals surface area contributed by atoms with Gasteiger partial charge in [0.1, 0.15) is 5.82 Å². The molecule has 0 spiro atoms. The Labute approximate surface area is 141 Å². The Morgan fingerprint density at radius 3 is 2.30 bits per heavy atom. The number of halogens is 2. The molecule has 0 aromatic heterocycles. The first kappa shape index (κ1) is 19.3. The minimum Gasteiger partial charge on any atom is -0.340 e. The molecule has 1 fully saturated rings. The molecule has 2 amide bonds. The molecular formula is C15H22ClFN4O2. The topological polar surface area (TPSA) is 78.7 Å². The lowest BCUT2D eigenvalue weighted by atomic mass is 10.2. The molecule has 3 N–H and O–H groups in total. The van der Waals surface area contributed by atoms with Crippen LogP contribution in [0.3, 0.4) is 0 Å². The number of nitrogens with one attached hydrogen (secondary N) is 1. The average Bonchev–Trinajstić information content (AvgIpc) is 2.50. The number of carbonyl (C=O) groups excluding carboxylic acids is 2. The highest BCUT2D eigenvalue weighted by Gasteiger charge is 2.21. The van der Waals surface area contributed by atoms with Crippen molar-refractivity contribution in [2.45, 2.75) is 6.42 Å². The maximum Gasteiger partial charge on any atom is 0.238 e. The lowest BCUT2D eigenvalue weighted by Gasteiger charge is -2.34. The van der Waals surface area contributed by atoms with Crippen molar-refractivity contribution in [3.63, 3.8) is 0 Å². The van der Waals surface area contributed by atoms with Gasteiger partial charge < -0.3 is 16.0 Å². The zero-order valence-corrected chi connectivity index (χ0v) is 13.7. The maximum atomic E-state index is 12.8. The van der Waals surface area contributed by atoms with E-state index in [0.29, 0.717) is 44.8 Å². The number of rotatable bonds is 5. The van der Waals surface area contributed by atoms with Crippen molar-refractivity contribution >= 4 is 29.9 Å². The fraction of sp³-hybridized carbons (Fsp3) is 0.467. The second-order valence-corrected chi connectivity index (χ2v) is 5.25. The molecule has 0 radical (unpaired) electrons. The van der Waals surface area contributed by atoms with Gasteiger partial charge in [0.05, 0.1) is 6.54 Å². The SMILES string of the molecule is Cl.NCCC(=O)N1CCN(CC(=O)Nc2ccc(F)cc2)CC1. The minimum atomic E-state index is -0.337. The van der Waals surface area contributed by atoms with E-state index in [1.54, 1.807) is 4.90 Å². The van der Waals surface area contributed by atoms with Crippen molar-refractivity contribution < 1.29 is 14.0 Å². The van der Waals surface area contributed by atoms with E-state index in [0.717, 1.165) is 0 Å². The Hall–Kier alpha value is -1.70. The van der Waals surface area contributed by atoms with Gasteiger partial charge in [-0.05, 0) is 24.3 Å².